The van der Waals surface area contributed by atoms with Gasteiger partial charge in [0.2, 0.25) is 0 Å². The molecular weight excluding hydrogens is 262 g/mol. The van der Waals surface area contributed by atoms with E-state index in [1.807, 2.05) is 0 Å². The van der Waals surface area contributed by atoms with E-state index in [0.717, 1.165) is 5.56 Å². The number of benzene rings is 1. The van der Waals surface area contributed by atoms with Crippen LogP contribution in [0.15, 0.2) is 24.3 Å². The Balaban J connectivity index is 1.78. The van der Waals surface area contributed by atoms with Gasteiger partial charge in [0.15, 0.2) is 0 Å². The maximum Gasteiger partial charge on any atom is 0.335 e. The zero-order chi connectivity index (χ0) is 14.3. The van der Waals surface area contributed by atoms with E-state index in [4.69, 9.17) is 9.84 Å². The number of imide groups is 1. The first-order valence-corrected chi connectivity index (χ1v) is 6.39. The van der Waals surface area contributed by atoms with Crippen LogP contribution in [0.25, 0.3) is 0 Å². The molecule has 6 heteroatoms. The van der Waals surface area contributed by atoms with Gasteiger partial charge in [0.25, 0.3) is 11.8 Å². The van der Waals surface area contributed by atoms with Gasteiger partial charge in [0, 0.05) is 0 Å². The van der Waals surface area contributed by atoms with Crippen molar-refractivity contribution in [1.82, 2.24) is 4.90 Å². The van der Waals surface area contributed by atoms with Crippen molar-refractivity contribution in [3.8, 4) is 0 Å². The molecule has 2 atom stereocenters. The highest BCUT2D eigenvalue weighted by Crippen LogP contribution is 2.29. The largest absolute Gasteiger partial charge is 0.478 e. The number of rotatable bonds is 3. The van der Waals surface area contributed by atoms with Crippen LogP contribution in [-0.4, -0.2) is 40.0 Å². The molecule has 0 aromatic heterocycles. The number of nitrogens with zero attached hydrogens (tertiary/aromatic N) is 1. The number of likely N-dealkylation sites (tertiary alicyclic amines) is 1. The normalized spacial score (nSPS) is 25.1. The Morgan fingerprint density at radius 3 is 2.20 bits per heavy atom. The van der Waals surface area contributed by atoms with Crippen molar-refractivity contribution in [3.05, 3.63) is 35.4 Å². The van der Waals surface area contributed by atoms with Gasteiger partial charge in [-0.1, -0.05) is 12.1 Å². The summed E-state index contributed by atoms with van der Waals surface area (Å²) in [6, 6.07) is 6.14. The summed E-state index contributed by atoms with van der Waals surface area (Å²) in [7, 11) is 0. The molecule has 2 heterocycles. The van der Waals surface area contributed by atoms with Gasteiger partial charge in [0.05, 0.1) is 12.1 Å². The first kappa shape index (κ1) is 12.8. The molecule has 0 radical (unpaired) electrons. The Bertz CT molecular complexity index is 558. The van der Waals surface area contributed by atoms with Crippen LogP contribution in [0, 0.1) is 0 Å². The van der Waals surface area contributed by atoms with Crippen LogP contribution < -0.4 is 0 Å². The number of hydrogen-bond donors (Lipinski definition) is 1. The van der Waals surface area contributed by atoms with Gasteiger partial charge in [-0.25, -0.2) is 4.79 Å². The predicted molar refractivity (Wildman–Crippen MR) is 66.9 cm³/mol. The maximum absolute atomic E-state index is 12.1. The third kappa shape index (κ3) is 2.08. The summed E-state index contributed by atoms with van der Waals surface area (Å²) >= 11 is 0. The van der Waals surface area contributed by atoms with Crippen LogP contribution >= 0.6 is 0 Å². The minimum atomic E-state index is -1.01. The molecule has 2 aliphatic heterocycles. The Labute approximate surface area is 114 Å². The van der Waals surface area contributed by atoms with Gasteiger partial charge in [-0.3, -0.25) is 14.5 Å². The molecule has 0 aliphatic carbocycles. The lowest BCUT2D eigenvalue weighted by molar-refractivity contribution is -0.169. The van der Waals surface area contributed by atoms with Crippen molar-refractivity contribution in [2.24, 2.45) is 0 Å². The number of aromatic carboxylic acids is 1. The maximum atomic E-state index is 12.1. The second-order valence-electron chi connectivity index (χ2n) is 4.96. The highest BCUT2D eigenvalue weighted by molar-refractivity contribution is 6.02. The summed E-state index contributed by atoms with van der Waals surface area (Å²) < 4.78 is 5.32. The van der Waals surface area contributed by atoms with E-state index in [-0.39, 0.29) is 23.9 Å². The van der Waals surface area contributed by atoms with Gasteiger partial charge in [-0.15, -0.1) is 0 Å². The smallest absolute Gasteiger partial charge is 0.335 e. The van der Waals surface area contributed by atoms with Crippen molar-refractivity contribution in [3.63, 3.8) is 0 Å². The second-order valence-corrected chi connectivity index (χ2v) is 4.96. The van der Waals surface area contributed by atoms with Gasteiger partial charge in [-0.2, -0.15) is 0 Å². The van der Waals surface area contributed by atoms with Crippen LogP contribution in [0.5, 0.6) is 0 Å². The number of hydrogen-bond acceptors (Lipinski definition) is 4. The lowest BCUT2D eigenvalue weighted by Crippen LogP contribution is -2.51. The third-order valence-electron chi connectivity index (χ3n) is 3.64. The molecule has 0 saturated carbocycles. The monoisotopic (exact) mass is 275 g/mol. The fourth-order valence-corrected chi connectivity index (χ4v) is 2.55. The van der Waals surface area contributed by atoms with Crippen molar-refractivity contribution in [2.75, 3.05) is 0 Å². The zero-order valence-electron chi connectivity index (χ0n) is 10.6. The fourth-order valence-electron chi connectivity index (χ4n) is 2.55. The summed E-state index contributed by atoms with van der Waals surface area (Å²) in [5, 5.41) is 8.82. The average molecular weight is 275 g/mol. The first-order valence-electron chi connectivity index (χ1n) is 6.39. The molecule has 1 N–H and O–H groups in total. The van der Waals surface area contributed by atoms with Gasteiger partial charge in [-0.05, 0) is 30.5 Å². The lowest BCUT2D eigenvalue weighted by Gasteiger charge is -2.29. The first-order chi connectivity index (χ1) is 9.56. The molecule has 6 nitrogen and oxygen atoms in total. The summed E-state index contributed by atoms with van der Waals surface area (Å²) in [5.41, 5.74) is 0.895. The molecule has 3 rings (SSSR count). The molecule has 0 spiro atoms. The van der Waals surface area contributed by atoms with Crippen LogP contribution in [0.2, 0.25) is 0 Å². The highest BCUT2D eigenvalue weighted by Gasteiger charge is 2.46. The summed E-state index contributed by atoms with van der Waals surface area (Å²) in [6.07, 6.45) is 0.167. The molecular formula is C14H13NO5. The number of carbonyl (C=O) groups excluding carboxylic acids is 2. The predicted octanol–water partition coefficient (Wildman–Crippen LogP) is 0.801. The Hall–Kier alpha value is -2.21. The number of morpholine rings is 1. The molecule has 1 aromatic rings. The number of carboxylic acid groups (broad SMARTS) is 1. The molecule has 2 fully saturated rings. The Morgan fingerprint density at radius 2 is 1.70 bits per heavy atom. The highest BCUT2D eigenvalue weighted by atomic mass is 16.5. The van der Waals surface area contributed by atoms with E-state index in [0.29, 0.717) is 12.8 Å². The van der Waals surface area contributed by atoms with Crippen LogP contribution in [-0.2, 0) is 20.9 Å². The van der Waals surface area contributed by atoms with E-state index in [1.165, 1.54) is 17.0 Å². The van der Waals surface area contributed by atoms with Crippen molar-refractivity contribution in [1.29, 1.82) is 0 Å². The third-order valence-corrected chi connectivity index (χ3v) is 3.64. The molecule has 2 saturated heterocycles. The standard InChI is InChI=1S/C14H13NO5/c16-12-10-5-6-11(20-10)13(17)15(12)7-8-1-3-9(4-2-8)14(18)19/h1-4,10-11H,5-7H2,(H,18,19). The van der Waals surface area contributed by atoms with Crippen LogP contribution in [0.4, 0.5) is 0 Å². The molecule has 2 unspecified atom stereocenters. The molecule has 2 amide bonds. The SMILES string of the molecule is O=C(O)c1ccc(CN2C(=O)C3CCC(O3)C2=O)cc1. The zero-order valence-corrected chi connectivity index (χ0v) is 10.6. The van der Waals surface area contributed by atoms with Gasteiger partial charge < -0.3 is 9.84 Å². The number of amides is 2. The molecule has 2 bridgehead atoms. The number of fused-ring (bicyclic) bond motifs is 2. The number of carboxylic acids is 1. The van der Waals surface area contributed by atoms with Crippen molar-refractivity contribution < 1.29 is 24.2 Å². The van der Waals surface area contributed by atoms with E-state index < -0.39 is 18.2 Å². The molecule has 2 aliphatic rings. The molecule has 104 valence electrons. The second kappa shape index (κ2) is 4.72. The van der Waals surface area contributed by atoms with E-state index in [1.54, 1.807) is 12.1 Å². The summed E-state index contributed by atoms with van der Waals surface area (Å²) in [6.45, 7) is 0.161. The minimum Gasteiger partial charge on any atom is -0.478 e. The summed E-state index contributed by atoms with van der Waals surface area (Å²) in [5.74, 6) is -1.61. The Kier molecular flexibility index (Phi) is 3.02. The molecule has 1 aromatic carbocycles. The van der Waals surface area contributed by atoms with Crippen LogP contribution in [0.3, 0.4) is 0 Å². The van der Waals surface area contributed by atoms with Crippen molar-refractivity contribution in [2.45, 2.75) is 31.6 Å². The minimum absolute atomic E-state index is 0.161. The number of ether oxygens (including phenoxy) is 1. The molecule has 20 heavy (non-hydrogen) atoms. The quantitative estimate of drug-likeness (QED) is 0.825. The van der Waals surface area contributed by atoms with E-state index >= 15 is 0 Å². The van der Waals surface area contributed by atoms with Crippen molar-refractivity contribution >= 4 is 17.8 Å². The topological polar surface area (TPSA) is 83.9 Å². The van der Waals surface area contributed by atoms with E-state index in [9.17, 15) is 14.4 Å². The van der Waals surface area contributed by atoms with Gasteiger partial charge in [0.1, 0.15) is 12.2 Å². The summed E-state index contributed by atoms with van der Waals surface area (Å²) in [4.78, 5) is 36.1. The Morgan fingerprint density at radius 1 is 1.15 bits per heavy atom. The van der Waals surface area contributed by atoms with Gasteiger partial charge >= 0.3 is 5.97 Å². The average Bonchev–Trinajstić information content (AvgIpc) is 2.89. The van der Waals surface area contributed by atoms with E-state index in [2.05, 4.69) is 0 Å². The lowest BCUT2D eigenvalue weighted by atomic mass is 10.1. The number of carbonyl (C=O) groups is 3. The fraction of sp³-hybridized carbons (Fsp3) is 0.357. The van der Waals surface area contributed by atoms with Crippen LogP contribution in [0.1, 0.15) is 28.8 Å².